The SMILES string of the molecule is Cc1c(Oc2ccc(Cl)cc2)cnn1CCC(=O)O. The van der Waals surface area contributed by atoms with Crippen molar-refractivity contribution in [1.82, 2.24) is 9.78 Å². The molecule has 0 saturated carbocycles. The fourth-order valence-corrected chi connectivity index (χ4v) is 1.71. The van der Waals surface area contributed by atoms with Gasteiger partial charge >= 0.3 is 5.97 Å². The van der Waals surface area contributed by atoms with E-state index in [1.165, 1.54) is 0 Å². The molecule has 0 radical (unpaired) electrons. The third kappa shape index (κ3) is 3.48. The van der Waals surface area contributed by atoms with Gasteiger partial charge in [-0.3, -0.25) is 9.48 Å². The molecule has 100 valence electrons. The van der Waals surface area contributed by atoms with Crippen LogP contribution >= 0.6 is 11.6 Å². The van der Waals surface area contributed by atoms with E-state index >= 15 is 0 Å². The van der Waals surface area contributed by atoms with Gasteiger partial charge in [-0.05, 0) is 31.2 Å². The molecule has 5 nitrogen and oxygen atoms in total. The highest BCUT2D eigenvalue weighted by molar-refractivity contribution is 6.30. The van der Waals surface area contributed by atoms with E-state index < -0.39 is 5.97 Å². The summed E-state index contributed by atoms with van der Waals surface area (Å²) in [5.74, 6) is 0.410. The van der Waals surface area contributed by atoms with Crippen molar-refractivity contribution in [3.8, 4) is 11.5 Å². The number of hydrogen-bond acceptors (Lipinski definition) is 3. The van der Waals surface area contributed by atoms with Crippen molar-refractivity contribution >= 4 is 17.6 Å². The minimum Gasteiger partial charge on any atom is -0.481 e. The number of rotatable bonds is 5. The Morgan fingerprint density at radius 3 is 2.74 bits per heavy atom. The molecule has 0 unspecified atom stereocenters. The predicted molar refractivity (Wildman–Crippen MR) is 70.7 cm³/mol. The van der Waals surface area contributed by atoms with Crippen molar-refractivity contribution in [3.63, 3.8) is 0 Å². The van der Waals surface area contributed by atoms with Crippen molar-refractivity contribution in [2.75, 3.05) is 0 Å². The summed E-state index contributed by atoms with van der Waals surface area (Å²) in [6, 6.07) is 6.99. The van der Waals surface area contributed by atoms with Gasteiger partial charge in [0.25, 0.3) is 0 Å². The van der Waals surface area contributed by atoms with Crippen LogP contribution in [-0.4, -0.2) is 20.9 Å². The third-order valence-electron chi connectivity index (χ3n) is 2.64. The summed E-state index contributed by atoms with van der Waals surface area (Å²) in [7, 11) is 0. The molecular weight excluding hydrogens is 268 g/mol. The van der Waals surface area contributed by atoms with Gasteiger partial charge < -0.3 is 9.84 Å². The Morgan fingerprint density at radius 2 is 2.11 bits per heavy atom. The number of nitrogens with zero attached hydrogens (tertiary/aromatic N) is 2. The number of benzene rings is 1. The fourth-order valence-electron chi connectivity index (χ4n) is 1.59. The first kappa shape index (κ1) is 13.4. The van der Waals surface area contributed by atoms with Gasteiger partial charge in [0.05, 0.1) is 24.9 Å². The van der Waals surface area contributed by atoms with Crippen LogP contribution in [0.5, 0.6) is 11.5 Å². The van der Waals surface area contributed by atoms with Gasteiger partial charge in [-0.1, -0.05) is 11.6 Å². The molecule has 19 heavy (non-hydrogen) atoms. The number of carboxylic acids is 1. The largest absolute Gasteiger partial charge is 0.481 e. The maximum atomic E-state index is 10.5. The molecule has 0 fully saturated rings. The van der Waals surface area contributed by atoms with E-state index in [1.54, 1.807) is 35.1 Å². The molecule has 1 aromatic carbocycles. The average molecular weight is 281 g/mol. The molecule has 2 aromatic rings. The lowest BCUT2D eigenvalue weighted by Gasteiger charge is -2.06. The van der Waals surface area contributed by atoms with Crippen LogP contribution < -0.4 is 4.74 Å². The van der Waals surface area contributed by atoms with Gasteiger partial charge in [0.15, 0.2) is 5.75 Å². The van der Waals surface area contributed by atoms with Crippen molar-refractivity contribution in [2.24, 2.45) is 0 Å². The first-order chi connectivity index (χ1) is 9.06. The molecule has 0 atom stereocenters. The second-order valence-electron chi connectivity index (χ2n) is 4.02. The van der Waals surface area contributed by atoms with Gasteiger partial charge in [0, 0.05) is 5.02 Å². The summed E-state index contributed by atoms with van der Waals surface area (Å²) >= 11 is 5.79. The average Bonchev–Trinajstić information content (AvgIpc) is 2.71. The van der Waals surface area contributed by atoms with Crippen LogP contribution in [0.2, 0.25) is 5.02 Å². The minimum atomic E-state index is -0.852. The van der Waals surface area contributed by atoms with E-state index in [4.69, 9.17) is 21.4 Å². The van der Waals surface area contributed by atoms with E-state index in [9.17, 15) is 4.79 Å². The first-order valence-corrected chi connectivity index (χ1v) is 6.11. The molecular formula is C13H13ClN2O3. The summed E-state index contributed by atoms with van der Waals surface area (Å²) in [5, 5.41) is 13.4. The minimum absolute atomic E-state index is 0.0307. The summed E-state index contributed by atoms with van der Waals surface area (Å²) < 4.78 is 7.27. The number of carbonyl (C=O) groups is 1. The van der Waals surface area contributed by atoms with Crippen LogP contribution in [0.3, 0.4) is 0 Å². The molecule has 0 spiro atoms. The number of aliphatic carboxylic acids is 1. The van der Waals surface area contributed by atoms with Crippen LogP contribution in [0.4, 0.5) is 0 Å². The number of aryl methyl sites for hydroxylation is 1. The molecule has 1 N–H and O–H groups in total. The lowest BCUT2D eigenvalue weighted by Crippen LogP contribution is -2.07. The number of carboxylic acid groups (broad SMARTS) is 1. The van der Waals surface area contributed by atoms with Crippen LogP contribution in [-0.2, 0) is 11.3 Å². The second-order valence-corrected chi connectivity index (χ2v) is 4.45. The molecule has 2 rings (SSSR count). The first-order valence-electron chi connectivity index (χ1n) is 5.74. The zero-order valence-corrected chi connectivity index (χ0v) is 11.1. The smallest absolute Gasteiger partial charge is 0.305 e. The van der Waals surface area contributed by atoms with E-state index in [1.807, 2.05) is 6.92 Å². The molecule has 0 aliphatic rings. The normalized spacial score (nSPS) is 10.4. The Labute approximate surface area is 115 Å². The Kier molecular flexibility index (Phi) is 4.06. The zero-order valence-electron chi connectivity index (χ0n) is 10.3. The van der Waals surface area contributed by atoms with E-state index in [0.29, 0.717) is 23.1 Å². The molecule has 0 aliphatic carbocycles. The van der Waals surface area contributed by atoms with E-state index in [2.05, 4.69) is 5.10 Å². The van der Waals surface area contributed by atoms with Crippen LogP contribution in [0.25, 0.3) is 0 Å². The monoisotopic (exact) mass is 280 g/mol. The summed E-state index contributed by atoms with van der Waals surface area (Å²) in [4.78, 5) is 10.5. The fraction of sp³-hybridized carbons (Fsp3) is 0.231. The summed E-state index contributed by atoms with van der Waals surface area (Å²) in [5.41, 5.74) is 0.788. The van der Waals surface area contributed by atoms with Gasteiger partial charge in [-0.2, -0.15) is 5.10 Å². The molecule has 1 aromatic heterocycles. The van der Waals surface area contributed by atoms with E-state index in [-0.39, 0.29) is 6.42 Å². The lowest BCUT2D eigenvalue weighted by molar-refractivity contribution is -0.137. The third-order valence-corrected chi connectivity index (χ3v) is 2.89. The maximum Gasteiger partial charge on any atom is 0.305 e. The highest BCUT2D eigenvalue weighted by Crippen LogP contribution is 2.25. The van der Waals surface area contributed by atoms with Crippen LogP contribution in [0.15, 0.2) is 30.5 Å². The van der Waals surface area contributed by atoms with Gasteiger partial charge in [-0.25, -0.2) is 0 Å². The van der Waals surface area contributed by atoms with E-state index in [0.717, 1.165) is 5.69 Å². The van der Waals surface area contributed by atoms with Gasteiger partial charge in [0.1, 0.15) is 5.75 Å². The topological polar surface area (TPSA) is 64.4 Å². The zero-order chi connectivity index (χ0) is 13.8. The summed E-state index contributed by atoms with van der Waals surface area (Å²) in [6.07, 6.45) is 1.61. The number of aromatic nitrogens is 2. The van der Waals surface area contributed by atoms with Crippen molar-refractivity contribution in [1.29, 1.82) is 0 Å². The van der Waals surface area contributed by atoms with Crippen molar-refractivity contribution in [2.45, 2.75) is 19.9 Å². The standard InChI is InChI=1S/C13H13ClN2O3/c1-9-12(8-15-16(9)7-6-13(17)18)19-11-4-2-10(14)3-5-11/h2-5,8H,6-7H2,1H3,(H,17,18). The van der Waals surface area contributed by atoms with Crippen molar-refractivity contribution in [3.05, 3.63) is 41.2 Å². The molecule has 0 amide bonds. The highest BCUT2D eigenvalue weighted by Gasteiger charge is 2.09. The van der Waals surface area contributed by atoms with Crippen molar-refractivity contribution < 1.29 is 14.6 Å². The molecule has 0 saturated heterocycles. The Balaban J connectivity index is 2.09. The van der Waals surface area contributed by atoms with Crippen LogP contribution in [0.1, 0.15) is 12.1 Å². The second kappa shape index (κ2) is 5.75. The lowest BCUT2D eigenvalue weighted by atomic mass is 10.3. The predicted octanol–water partition coefficient (Wildman–Crippen LogP) is 3.11. The maximum absolute atomic E-state index is 10.5. The number of hydrogen-bond donors (Lipinski definition) is 1. The Morgan fingerprint density at radius 1 is 1.42 bits per heavy atom. The number of halogens is 1. The molecule has 1 heterocycles. The molecule has 6 heteroatoms. The molecule has 0 aliphatic heterocycles. The highest BCUT2D eigenvalue weighted by atomic mass is 35.5. The van der Waals surface area contributed by atoms with Gasteiger partial charge in [-0.15, -0.1) is 0 Å². The Bertz CT molecular complexity index is 578. The van der Waals surface area contributed by atoms with Gasteiger partial charge in [0.2, 0.25) is 0 Å². The quantitative estimate of drug-likeness (QED) is 0.914. The van der Waals surface area contributed by atoms with Crippen LogP contribution in [0, 0.1) is 6.92 Å². The molecule has 0 bridgehead atoms. The number of ether oxygens (including phenoxy) is 1. The Hall–Kier alpha value is -2.01. The summed E-state index contributed by atoms with van der Waals surface area (Å²) in [6.45, 7) is 2.16.